The third-order valence-corrected chi connectivity index (χ3v) is 4.10. The lowest BCUT2D eigenvalue weighted by Gasteiger charge is -2.17. The van der Waals surface area contributed by atoms with Gasteiger partial charge in [-0.25, -0.2) is 8.78 Å². The first kappa shape index (κ1) is 16.0. The van der Waals surface area contributed by atoms with Crippen LogP contribution in [0.5, 0.6) is 11.5 Å². The van der Waals surface area contributed by atoms with Crippen LogP contribution in [0.4, 0.5) is 8.78 Å². The summed E-state index contributed by atoms with van der Waals surface area (Å²) in [7, 11) is 2.95. The van der Waals surface area contributed by atoms with Crippen LogP contribution >= 0.6 is 27.5 Å². The van der Waals surface area contributed by atoms with Crippen molar-refractivity contribution < 1.29 is 18.3 Å². The molecule has 0 saturated carbocycles. The zero-order valence-electron chi connectivity index (χ0n) is 11.3. The molecule has 0 bridgehead atoms. The Morgan fingerprint density at radius 2 is 1.62 bits per heavy atom. The van der Waals surface area contributed by atoms with E-state index in [0.717, 1.165) is 12.1 Å². The van der Waals surface area contributed by atoms with E-state index in [0.29, 0.717) is 21.5 Å². The maximum Gasteiger partial charge on any atom is 0.133 e. The van der Waals surface area contributed by atoms with Crippen molar-refractivity contribution in [2.45, 2.75) is 5.38 Å². The first-order valence-electron chi connectivity index (χ1n) is 5.99. The fraction of sp³-hybridized carbons (Fsp3) is 0.200. The van der Waals surface area contributed by atoms with Gasteiger partial charge in [-0.15, -0.1) is 11.6 Å². The van der Waals surface area contributed by atoms with Gasteiger partial charge in [0.1, 0.15) is 23.1 Å². The molecule has 1 atom stereocenters. The summed E-state index contributed by atoms with van der Waals surface area (Å²) in [6, 6.07) is 6.85. The Morgan fingerprint density at radius 1 is 1.05 bits per heavy atom. The summed E-state index contributed by atoms with van der Waals surface area (Å²) in [5.74, 6) is -0.517. The predicted octanol–water partition coefficient (Wildman–Crippen LogP) is 5.07. The second-order valence-corrected chi connectivity index (χ2v) is 5.52. The normalized spacial score (nSPS) is 12.1. The van der Waals surface area contributed by atoms with Crippen molar-refractivity contribution in [2.75, 3.05) is 14.2 Å². The minimum Gasteiger partial charge on any atom is -0.496 e. The van der Waals surface area contributed by atoms with Gasteiger partial charge < -0.3 is 9.47 Å². The van der Waals surface area contributed by atoms with Gasteiger partial charge in [0.25, 0.3) is 0 Å². The first-order valence-corrected chi connectivity index (χ1v) is 7.22. The van der Waals surface area contributed by atoms with Crippen molar-refractivity contribution in [1.82, 2.24) is 0 Å². The van der Waals surface area contributed by atoms with Crippen molar-refractivity contribution in [3.05, 3.63) is 57.6 Å². The van der Waals surface area contributed by atoms with Crippen LogP contribution in [0.15, 0.2) is 34.8 Å². The lowest BCUT2D eigenvalue weighted by atomic mass is 10.0. The molecule has 0 aliphatic heterocycles. The summed E-state index contributed by atoms with van der Waals surface area (Å²) in [5.41, 5.74) is 0.199. The number of methoxy groups -OCH3 is 2. The Labute approximate surface area is 134 Å². The lowest BCUT2D eigenvalue weighted by Crippen LogP contribution is -2.04. The number of hydrogen-bond donors (Lipinski definition) is 0. The van der Waals surface area contributed by atoms with Crippen molar-refractivity contribution in [3.8, 4) is 11.5 Å². The average Bonchev–Trinajstić information content (AvgIpc) is 2.46. The van der Waals surface area contributed by atoms with Gasteiger partial charge in [-0.2, -0.15) is 0 Å². The second-order valence-electron chi connectivity index (χ2n) is 4.23. The molecule has 0 amide bonds. The van der Waals surface area contributed by atoms with E-state index in [1.165, 1.54) is 20.3 Å². The lowest BCUT2D eigenvalue weighted by molar-refractivity contribution is 0.396. The van der Waals surface area contributed by atoms with Gasteiger partial charge in [-0.1, -0.05) is 6.07 Å². The first-order chi connectivity index (χ1) is 9.99. The van der Waals surface area contributed by atoms with Crippen molar-refractivity contribution in [3.63, 3.8) is 0 Å². The number of rotatable bonds is 4. The van der Waals surface area contributed by atoms with Crippen LogP contribution in [0.1, 0.15) is 16.5 Å². The molecule has 0 aromatic heterocycles. The van der Waals surface area contributed by atoms with E-state index in [4.69, 9.17) is 21.1 Å². The van der Waals surface area contributed by atoms with Crippen molar-refractivity contribution >= 4 is 27.5 Å². The molecule has 6 heteroatoms. The minimum atomic E-state index is -1.04. The molecule has 0 saturated heterocycles. The number of benzene rings is 2. The summed E-state index contributed by atoms with van der Waals surface area (Å²) in [6.45, 7) is 0. The highest BCUT2D eigenvalue weighted by molar-refractivity contribution is 9.10. The van der Waals surface area contributed by atoms with Crippen LogP contribution in [0.3, 0.4) is 0 Å². The van der Waals surface area contributed by atoms with E-state index in [1.807, 2.05) is 0 Å². The maximum absolute atomic E-state index is 13.9. The highest BCUT2D eigenvalue weighted by atomic mass is 79.9. The predicted molar refractivity (Wildman–Crippen MR) is 81.3 cm³/mol. The van der Waals surface area contributed by atoms with Gasteiger partial charge >= 0.3 is 0 Å². The molecule has 2 nitrogen and oxygen atoms in total. The molecule has 2 aromatic carbocycles. The Morgan fingerprint density at radius 3 is 2.14 bits per heavy atom. The molecule has 21 heavy (non-hydrogen) atoms. The second kappa shape index (κ2) is 6.62. The van der Waals surface area contributed by atoms with Crippen LogP contribution in [0.2, 0.25) is 0 Å². The van der Waals surface area contributed by atoms with Gasteiger partial charge in [0.15, 0.2) is 0 Å². The third-order valence-electron chi connectivity index (χ3n) is 3.03. The van der Waals surface area contributed by atoms with Gasteiger partial charge in [-0.05, 0) is 40.2 Å². The highest BCUT2D eigenvalue weighted by Gasteiger charge is 2.24. The van der Waals surface area contributed by atoms with E-state index in [9.17, 15) is 8.78 Å². The summed E-state index contributed by atoms with van der Waals surface area (Å²) in [6.07, 6.45) is 0. The summed E-state index contributed by atoms with van der Waals surface area (Å²) >= 11 is 9.60. The van der Waals surface area contributed by atoms with E-state index in [-0.39, 0.29) is 5.56 Å². The number of hydrogen-bond acceptors (Lipinski definition) is 2. The van der Waals surface area contributed by atoms with E-state index >= 15 is 0 Å². The van der Waals surface area contributed by atoms with Crippen LogP contribution in [-0.4, -0.2) is 14.2 Å². The molecule has 1 unspecified atom stereocenters. The Hall–Kier alpha value is -1.33. The molecule has 0 radical (unpaired) electrons. The SMILES string of the molecule is COc1cc(C(Cl)c2c(F)cccc2F)c(OC)cc1Br. The van der Waals surface area contributed by atoms with Crippen LogP contribution in [-0.2, 0) is 0 Å². The monoisotopic (exact) mass is 376 g/mol. The smallest absolute Gasteiger partial charge is 0.133 e. The zero-order valence-corrected chi connectivity index (χ0v) is 13.6. The molecule has 0 aliphatic rings. The van der Waals surface area contributed by atoms with E-state index in [2.05, 4.69) is 15.9 Å². The largest absolute Gasteiger partial charge is 0.496 e. The average molecular weight is 378 g/mol. The quantitative estimate of drug-likeness (QED) is 0.692. The molecule has 112 valence electrons. The van der Waals surface area contributed by atoms with Crippen LogP contribution in [0.25, 0.3) is 0 Å². The van der Waals surface area contributed by atoms with E-state index < -0.39 is 17.0 Å². The third kappa shape index (κ3) is 3.14. The number of alkyl halides is 1. The molecule has 0 N–H and O–H groups in total. The van der Waals surface area contributed by atoms with Gasteiger partial charge in [0, 0.05) is 11.1 Å². The van der Waals surface area contributed by atoms with Crippen molar-refractivity contribution in [1.29, 1.82) is 0 Å². The number of ether oxygens (including phenoxy) is 2. The maximum atomic E-state index is 13.9. The molecule has 0 heterocycles. The molecular weight excluding hydrogens is 366 g/mol. The number of halogens is 4. The summed E-state index contributed by atoms with van der Waals surface area (Å²) in [5, 5.41) is -1.04. The highest BCUT2D eigenvalue weighted by Crippen LogP contribution is 2.42. The fourth-order valence-electron chi connectivity index (χ4n) is 1.99. The topological polar surface area (TPSA) is 18.5 Å². The molecule has 2 aromatic rings. The fourth-order valence-corrected chi connectivity index (χ4v) is 2.85. The zero-order chi connectivity index (χ0) is 15.6. The molecule has 0 aliphatic carbocycles. The Kier molecular flexibility index (Phi) is 5.06. The molecule has 2 rings (SSSR count). The molecule has 0 spiro atoms. The van der Waals surface area contributed by atoms with Gasteiger partial charge in [0.2, 0.25) is 0 Å². The van der Waals surface area contributed by atoms with Gasteiger partial charge in [-0.3, -0.25) is 0 Å². The van der Waals surface area contributed by atoms with E-state index in [1.54, 1.807) is 12.1 Å². The Bertz CT molecular complexity index is 644. The molecule has 0 fully saturated rings. The summed E-state index contributed by atoms with van der Waals surface area (Å²) in [4.78, 5) is 0. The van der Waals surface area contributed by atoms with Crippen LogP contribution < -0.4 is 9.47 Å². The summed E-state index contributed by atoms with van der Waals surface area (Å²) < 4.78 is 38.8. The Balaban J connectivity index is 2.59. The molecular formula is C15H12BrClF2O2. The van der Waals surface area contributed by atoms with Crippen LogP contribution in [0, 0.1) is 11.6 Å². The standard InChI is InChI=1S/C15H12BrClF2O2/c1-20-12-7-9(16)13(21-2)6-8(12)15(17)14-10(18)4-3-5-11(14)19/h3-7,15H,1-2H3. The van der Waals surface area contributed by atoms with Gasteiger partial charge in [0.05, 0.1) is 24.1 Å². The van der Waals surface area contributed by atoms with Crippen molar-refractivity contribution in [2.24, 2.45) is 0 Å². The minimum absolute atomic E-state index is 0.221.